The maximum atomic E-state index is 11.2. The van der Waals surface area contributed by atoms with E-state index in [0.717, 1.165) is 48.8 Å². The van der Waals surface area contributed by atoms with Gasteiger partial charge in [-0.3, -0.25) is 19.9 Å². The van der Waals surface area contributed by atoms with Crippen molar-refractivity contribution in [2.45, 2.75) is 13.1 Å². The van der Waals surface area contributed by atoms with Gasteiger partial charge in [-0.1, -0.05) is 30.3 Å². The minimum Gasteiger partial charge on any atom is -0.296 e. The predicted octanol–water partition coefficient (Wildman–Crippen LogP) is 3.52. The Bertz CT molecular complexity index is 886. The Morgan fingerprint density at radius 1 is 0.962 bits per heavy atom. The van der Waals surface area contributed by atoms with E-state index in [9.17, 15) is 10.1 Å². The highest BCUT2D eigenvalue weighted by molar-refractivity contribution is 7.18. The molecule has 0 aliphatic carbocycles. The molecule has 1 saturated heterocycles. The molecule has 6 nitrogen and oxygen atoms in total. The minimum absolute atomic E-state index is 0.212. The van der Waals surface area contributed by atoms with Gasteiger partial charge in [-0.2, -0.15) is 0 Å². The first kappa shape index (κ1) is 17.1. The minimum atomic E-state index is -0.293. The molecule has 26 heavy (non-hydrogen) atoms. The molecule has 0 saturated carbocycles. The number of nitrogens with zero attached hydrogens (tertiary/aromatic N) is 4. The number of para-hydroxylation sites is 2. The van der Waals surface area contributed by atoms with Gasteiger partial charge in [0.05, 0.1) is 21.7 Å². The SMILES string of the molecule is O=[N+]([O-])c1ccccc1CN1CCN(Cc2nc3ccccc3s2)CC1. The van der Waals surface area contributed by atoms with Gasteiger partial charge in [-0.05, 0) is 12.1 Å². The highest BCUT2D eigenvalue weighted by Crippen LogP contribution is 2.24. The lowest BCUT2D eigenvalue weighted by Crippen LogP contribution is -2.45. The Hall–Kier alpha value is -2.35. The summed E-state index contributed by atoms with van der Waals surface area (Å²) in [5, 5.41) is 12.3. The van der Waals surface area contributed by atoms with Gasteiger partial charge in [-0.15, -0.1) is 11.3 Å². The molecule has 0 unspecified atom stereocenters. The van der Waals surface area contributed by atoms with Crippen molar-refractivity contribution in [2.24, 2.45) is 0 Å². The van der Waals surface area contributed by atoms with E-state index in [-0.39, 0.29) is 10.6 Å². The van der Waals surface area contributed by atoms with Crippen LogP contribution in [0.1, 0.15) is 10.6 Å². The lowest BCUT2D eigenvalue weighted by atomic mass is 10.1. The molecule has 1 aliphatic rings. The Morgan fingerprint density at radius 3 is 2.35 bits per heavy atom. The second-order valence-corrected chi connectivity index (χ2v) is 7.63. The smallest absolute Gasteiger partial charge is 0.273 e. The average molecular weight is 368 g/mol. The van der Waals surface area contributed by atoms with Gasteiger partial charge in [0, 0.05) is 44.4 Å². The van der Waals surface area contributed by atoms with Crippen molar-refractivity contribution in [1.29, 1.82) is 0 Å². The van der Waals surface area contributed by atoms with Crippen LogP contribution in [0.4, 0.5) is 5.69 Å². The summed E-state index contributed by atoms with van der Waals surface area (Å²) < 4.78 is 1.23. The summed E-state index contributed by atoms with van der Waals surface area (Å²) in [7, 11) is 0. The molecule has 1 aliphatic heterocycles. The predicted molar refractivity (Wildman–Crippen MR) is 103 cm³/mol. The van der Waals surface area contributed by atoms with Crippen LogP contribution in [-0.2, 0) is 13.1 Å². The molecule has 0 atom stereocenters. The van der Waals surface area contributed by atoms with E-state index in [1.807, 2.05) is 24.3 Å². The van der Waals surface area contributed by atoms with Crippen molar-refractivity contribution in [3.8, 4) is 0 Å². The molecule has 134 valence electrons. The Kier molecular flexibility index (Phi) is 4.92. The normalized spacial score (nSPS) is 16.2. The standard InChI is InChI=1S/C19H20N4O2S/c24-23(25)17-7-3-1-5-15(17)13-21-9-11-22(12-10-21)14-19-20-16-6-2-4-8-18(16)26-19/h1-8H,9-14H2. The first-order valence-electron chi connectivity index (χ1n) is 8.70. The number of aromatic nitrogens is 1. The zero-order chi connectivity index (χ0) is 17.9. The molecular weight excluding hydrogens is 348 g/mol. The number of fused-ring (bicyclic) bond motifs is 1. The van der Waals surface area contributed by atoms with Gasteiger partial charge >= 0.3 is 0 Å². The molecular formula is C19H20N4O2S. The highest BCUT2D eigenvalue weighted by atomic mass is 32.1. The molecule has 3 aromatic rings. The number of hydrogen-bond donors (Lipinski definition) is 0. The van der Waals surface area contributed by atoms with Crippen LogP contribution in [0.15, 0.2) is 48.5 Å². The van der Waals surface area contributed by atoms with Crippen molar-refractivity contribution in [3.05, 3.63) is 69.2 Å². The van der Waals surface area contributed by atoms with Crippen LogP contribution in [0.25, 0.3) is 10.2 Å². The quantitative estimate of drug-likeness (QED) is 0.509. The average Bonchev–Trinajstić information content (AvgIpc) is 3.06. The third-order valence-corrected chi connectivity index (χ3v) is 5.77. The maximum absolute atomic E-state index is 11.2. The molecule has 0 spiro atoms. The van der Waals surface area contributed by atoms with E-state index in [0.29, 0.717) is 6.54 Å². The Labute approximate surface area is 155 Å². The summed E-state index contributed by atoms with van der Waals surface area (Å²) in [5.41, 5.74) is 2.07. The lowest BCUT2D eigenvalue weighted by Gasteiger charge is -2.34. The zero-order valence-electron chi connectivity index (χ0n) is 14.4. The van der Waals surface area contributed by atoms with Crippen molar-refractivity contribution in [2.75, 3.05) is 26.2 Å². The lowest BCUT2D eigenvalue weighted by molar-refractivity contribution is -0.385. The van der Waals surface area contributed by atoms with Gasteiger partial charge in [-0.25, -0.2) is 4.98 Å². The molecule has 0 amide bonds. The number of hydrogen-bond acceptors (Lipinski definition) is 6. The number of piperazine rings is 1. The van der Waals surface area contributed by atoms with E-state index >= 15 is 0 Å². The number of benzene rings is 2. The molecule has 0 bridgehead atoms. The fraction of sp³-hybridized carbons (Fsp3) is 0.316. The summed E-state index contributed by atoms with van der Waals surface area (Å²) in [5.74, 6) is 0. The van der Waals surface area contributed by atoms with Gasteiger partial charge in [0.25, 0.3) is 5.69 Å². The van der Waals surface area contributed by atoms with Crippen molar-refractivity contribution in [1.82, 2.24) is 14.8 Å². The molecule has 0 radical (unpaired) electrons. The summed E-state index contributed by atoms with van der Waals surface area (Å²) in [6.45, 7) is 5.24. The van der Waals surface area contributed by atoms with Crippen LogP contribution in [0.2, 0.25) is 0 Å². The molecule has 4 rings (SSSR count). The largest absolute Gasteiger partial charge is 0.296 e. The summed E-state index contributed by atoms with van der Waals surface area (Å²) >= 11 is 1.76. The third-order valence-electron chi connectivity index (χ3n) is 4.74. The highest BCUT2D eigenvalue weighted by Gasteiger charge is 2.21. The van der Waals surface area contributed by atoms with Gasteiger partial charge in [0.15, 0.2) is 0 Å². The van der Waals surface area contributed by atoms with Crippen molar-refractivity contribution < 1.29 is 4.92 Å². The van der Waals surface area contributed by atoms with Gasteiger partial charge in [0.2, 0.25) is 0 Å². The van der Waals surface area contributed by atoms with E-state index in [2.05, 4.69) is 21.9 Å². The second-order valence-electron chi connectivity index (χ2n) is 6.51. The molecule has 0 N–H and O–H groups in total. The summed E-state index contributed by atoms with van der Waals surface area (Å²) in [6, 6.07) is 15.3. The van der Waals surface area contributed by atoms with Crippen LogP contribution in [0.5, 0.6) is 0 Å². The van der Waals surface area contributed by atoms with E-state index in [1.54, 1.807) is 23.5 Å². The molecule has 2 heterocycles. The van der Waals surface area contributed by atoms with Gasteiger partial charge in [0.1, 0.15) is 5.01 Å². The Balaban J connectivity index is 1.35. The number of nitro groups is 1. The van der Waals surface area contributed by atoms with Crippen LogP contribution < -0.4 is 0 Å². The van der Waals surface area contributed by atoms with Crippen LogP contribution >= 0.6 is 11.3 Å². The third kappa shape index (κ3) is 3.75. The zero-order valence-corrected chi connectivity index (χ0v) is 15.2. The monoisotopic (exact) mass is 368 g/mol. The van der Waals surface area contributed by atoms with Crippen LogP contribution in [-0.4, -0.2) is 45.9 Å². The van der Waals surface area contributed by atoms with Gasteiger partial charge < -0.3 is 0 Å². The van der Waals surface area contributed by atoms with Crippen LogP contribution in [0, 0.1) is 10.1 Å². The van der Waals surface area contributed by atoms with Crippen LogP contribution in [0.3, 0.4) is 0 Å². The fourth-order valence-corrected chi connectivity index (χ4v) is 4.36. The molecule has 2 aromatic carbocycles. The number of nitro benzene ring substituents is 1. The first-order chi connectivity index (χ1) is 12.7. The molecule has 7 heteroatoms. The van der Waals surface area contributed by atoms with Crippen molar-refractivity contribution >= 4 is 27.2 Å². The maximum Gasteiger partial charge on any atom is 0.273 e. The second kappa shape index (κ2) is 7.49. The summed E-state index contributed by atoms with van der Waals surface area (Å²) in [6.07, 6.45) is 0. The van der Waals surface area contributed by atoms with Crippen molar-refractivity contribution in [3.63, 3.8) is 0 Å². The fourth-order valence-electron chi connectivity index (χ4n) is 3.35. The summed E-state index contributed by atoms with van der Waals surface area (Å²) in [4.78, 5) is 20.3. The molecule has 1 fully saturated rings. The van der Waals surface area contributed by atoms with E-state index < -0.39 is 0 Å². The first-order valence-corrected chi connectivity index (χ1v) is 9.52. The number of rotatable bonds is 5. The van der Waals surface area contributed by atoms with E-state index in [1.165, 1.54) is 4.70 Å². The topological polar surface area (TPSA) is 62.5 Å². The number of thiazole rings is 1. The molecule has 1 aromatic heterocycles. The van der Waals surface area contributed by atoms with E-state index in [4.69, 9.17) is 4.98 Å². The Morgan fingerprint density at radius 2 is 1.62 bits per heavy atom.